The van der Waals surface area contributed by atoms with Gasteiger partial charge in [-0.1, -0.05) is 0 Å². The van der Waals surface area contributed by atoms with E-state index in [9.17, 15) is 14.5 Å². The number of rotatable bonds is 3. The van der Waals surface area contributed by atoms with Crippen molar-refractivity contribution in [3.05, 3.63) is 46.1 Å². The number of hydrogen-bond acceptors (Lipinski definition) is 6. The zero-order valence-corrected chi connectivity index (χ0v) is 9.12. The largest absolute Gasteiger partial charge is 0.437 e. The van der Waals surface area contributed by atoms with Crippen LogP contribution in [0.3, 0.4) is 0 Å². The van der Waals surface area contributed by atoms with E-state index in [0.29, 0.717) is 0 Å². The Balaban J connectivity index is 2.22. The average Bonchev–Trinajstić information content (AvgIpc) is 2.34. The number of non-ortho nitro benzene ring substituents is 1. The summed E-state index contributed by atoms with van der Waals surface area (Å²) in [5.41, 5.74) is -0.344. The van der Waals surface area contributed by atoms with Crippen molar-refractivity contribution in [3.8, 4) is 5.75 Å². The summed E-state index contributed by atoms with van der Waals surface area (Å²) in [7, 11) is 0. The van der Waals surface area contributed by atoms with Crippen molar-refractivity contribution in [2.75, 3.05) is 6.67 Å². The van der Waals surface area contributed by atoms with Crippen LogP contribution >= 0.6 is 0 Å². The highest BCUT2D eigenvalue weighted by atomic mass is 19.1. The summed E-state index contributed by atoms with van der Waals surface area (Å²) in [4.78, 5) is 13.6. The molecule has 0 radical (unpaired) electrons. The summed E-state index contributed by atoms with van der Waals surface area (Å²) in [5, 5.41) is 11.6. The molecule has 1 aromatic rings. The number of hydrazine groups is 1. The third kappa shape index (κ3) is 2.43. The van der Waals surface area contributed by atoms with Crippen LogP contribution in [-0.4, -0.2) is 22.8 Å². The minimum Gasteiger partial charge on any atom is -0.437 e. The number of benzene rings is 1. The van der Waals surface area contributed by atoms with Crippen molar-refractivity contribution in [2.24, 2.45) is 10.8 Å². The first kappa shape index (κ1) is 12.0. The first-order valence-corrected chi connectivity index (χ1v) is 4.92. The monoisotopic (exact) mass is 252 g/mol. The molecule has 94 valence electrons. The summed E-state index contributed by atoms with van der Waals surface area (Å²) in [5.74, 6) is 4.78. The van der Waals surface area contributed by atoms with Crippen LogP contribution in [0.4, 0.5) is 10.1 Å². The highest BCUT2D eigenvalue weighted by Gasteiger charge is 2.15. The molecule has 0 spiro atoms. The molecule has 1 aromatic carbocycles. The van der Waals surface area contributed by atoms with E-state index in [0.717, 1.165) is 12.1 Å². The lowest BCUT2D eigenvalue weighted by Crippen LogP contribution is -2.34. The van der Waals surface area contributed by atoms with E-state index in [1.54, 1.807) is 0 Å². The molecule has 0 aromatic heterocycles. The zero-order valence-electron chi connectivity index (χ0n) is 9.12. The quantitative estimate of drug-likeness (QED) is 0.495. The zero-order chi connectivity index (χ0) is 13.1. The van der Waals surface area contributed by atoms with E-state index >= 15 is 0 Å². The number of nitrogens with zero attached hydrogens (tertiary/aromatic N) is 3. The van der Waals surface area contributed by atoms with E-state index in [1.807, 2.05) is 0 Å². The Morgan fingerprint density at radius 2 is 2.33 bits per heavy atom. The van der Waals surface area contributed by atoms with Crippen molar-refractivity contribution >= 4 is 11.9 Å². The van der Waals surface area contributed by atoms with Crippen molar-refractivity contribution < 1.29 is 14.1 Å². The van der Waals surface area contributed by atoms with Gasteiger partial charge in [-0.05, 0) is 6.07 Å². The number of nitrogens with two attached hydrogens (primary N) is 1. The molecule has 0 bridgehead atoms. The van der Waals surface area contributed by atoms with Gasteiger partial charge >= 0.3 is 0 Å². The molecule has 1 heterocycles. The SMILES string of the molecule is NN1CN=CC=C1Oc1ccc([N+](=O)[O-])cc1F. The molecular formula is C10H9FN4O3. The molecule has 1 aliphatic heterocycles. The van der Waals surface area contributed by atoms with Gasteiger partial charge in [0.05, 0.1) is 11.0 Å². The summed E-state index contributed by atoms with van der Waals surface area (Å²) < 4.78 is 18.7. The normalized spacial score (nSPS) is 14.3. The highest BCUT2D eigenvalue weighted by Crippen LogP contribution is 2.24. The third-order valence-electron chi connectivity index (χ3n) is 2.18. The maximum Gasteiger partial charge on any atom is 0.272 e. The van der Waals surface area contributed by atoms with E-state index in [-0.39, 0.29) is 24.0 Å². The third-order valence-corrected chi connectivity index (χ3v) is 2.18. The second kappa shape index (κ2) is 4.80. The molecule has 0 amide bonds. The van der Waals surface area contributed by atoms with Crippen molar-refractivity contribution in [2.45, 2.75) is 0 Å². The Kier molecular flexibility index (Phi) is 3.20. The van der Waals surface area contributed by atoms with Gasteiger partial charge in [0.15, 0.2) is 11.6 Å². The van der Waals surface area contributed by atoms with Crippen LogP contribution in [-0.2, 0) is 0 Å². The van der Waals surface area contributed by atoms with Gasteiger partial charge in [-0.2, -0.15) is 0 Å². The second-order valence-electron chi connectivity index (χ2n) is 3.42. The van der Waals surface area contributed by atoms with Crippen LogP contribution in [0.25, 0.3) is 0 Å². The van der Waals surface area contributed by atoms with Crippen LogP contribution in [0.1, 0.15) is 0 Å². The van der Waals surface area contributed by atoms with Crippen LogP contribution < -0.4 is 10.6 Å². The van der Waals surface area contributed by atoms with Gasteiger partial charge in [-0.3, -0.25) is 20.1 Å². The van der Waals surface area contributed by atoms with Gasteiger partial charge in [0, 0.05) is 18.4 Å². The minimum atomic E-state index is -0.832. The fraction of sp³-hybridized carbons (Fsp3) is 0.100. The first-order chi connectivity index (χ1) is 8.58. The van der Waals surface area contributed by atoms with Gasteiger partial charge in [0.2, 0.25) is 5.88 Å². The van der Waals surface area contributed by atoms with E-state index in [2.05, 4.69) is 4.99 Å². The van der Waals surface area contributed by atoms with Crippen LogP contribution in [0, 0.1) is 15.9 Å². The Labute approximate surface area is 101 Å². The fourth-order valence-electron chi connectivity index (χ4n) is 1.31. The summed E-state index contributed by atoms with van der Waals surface area (Å²) in [6.07, 6.45) is 2.94. The smallest absolute Gasteiger partial charge is 0.272 e. The fourth-order valence-corrected chi connectivity index (χ4v) is 1.31. The second-order valence-corrected chi connectivity index (χ2v) is 3.42. The molecule has 18 heavy (non-hydrogen) atoms. The number of nitro groups is 1. The maximum atomic E-state index is 13.5. The molecule has 0 unspecified atom stereocenters. The number of hydrogen-bond donors (Lipinski definition) is 1. The van der Waals surface area contributed by atoms with Crippen LogP contribution in [0.15, 0.2) is 35.2 Å². The van der Waals surface area contributed by atoms with Crippen molar-refractivity contribution in [3.63, 3.8) is 0 Å². The van der Waals surface area contributed by atoms with Crippen LogP contribution in [0.5, 0.6) is 5.75 Å². The van der Waals surface area contributed by atoms with E-state index in [4.69, 9.17) is 10.6 Å². The van der Waals surface area contributed by atoms with Gasteiger partial charge < -0.3 is 4.74 Å². The summed E-state index contributed by atoms with van der Waals surface area (Å²) in [6.45, 7) is 0.195. The molecule has 0 saturated carbocycles. The summed E-state index contributed by atoms with van der Waals surface area (Å²) in [6, 6.07) is 3.11. The predicted molar refractivity (Wildman–Crippen MR) is 61.2 cm³/mol. The molecule has 0 aliphatic carbocycles. The van der Waals surface area contributed by atoms with Gasteiger partial charge in [-0.15, -0.1) is 0 Å². The first-order valence-electron chi connectivity index (χ1n) is 4.92. The number of nitro benzene ring substituents is 1. The van der Waals surface area contributed by atoms with Gasteiger partial charge in [0.1, 0.15) is 6.67 Å². The summed E-state index contributed by atoms with van der Waals surface area (Å²) >= 11 is 0. The molecule has 2 N–H and O–H groups in total. The van der Waals surface area contributed by atoms with Crippen molar-refractivity contribution in [1.82, 2.24) is 5.01 Å². The molecule has 8 heteroatoms. The predicted octanol–water partition coefficient (Wildman–Crippen LogP) is 1.17. The number of allylic oxidation sites excluding steroid dienone is 1. The molecule has 0 atom stereocenters. The molecule has 0 fully saturated rings. The van der Waals surface area contributed by atoms with Gasteiger partial charge in [-0.25, -0.2) is 10.2 Å². The van der Waals surface area contributed by atoms with Crippen LogP contribution in [0.2, 0.25) is 0 Å². The Bertz CT molecular complexity index is 544. The Hall–Kier alpha value is -2.48. The molecule has 1 aliphatic rings. The lowest BCUT2D eigenvalue weighted by atomic mass is 10.3. The van der Waals surface area contributed by atoms with E-state index < -0.39 is 10.7 Å². The lowest BCUT2D eigenvalue weighted by Gasteiger charge is -2.21. The Morgan fingerprint density at radius 3 is 2.94 bits per heavy atom. The van der Waals surface area contributed by atoms with Gasteiger partial charge in [0.25, 0.3) is 5.69 Å². The standard InChI is InChI=1S/C10H9FN4O3/c11-8-5-7(15(16)17)1-2-9(8)18-10-3-4-13-6-14(10)12/h1-5H,6,12H2. The maximum absolute atomic E-state index is 13.5. The minimum absolute atomic E-state index is 0.141. The Morgan fingerprint density at radius 1 is 1.56 bits per heavy atom. The molecule has 2 rings (SSSR count). The number of ether oxygens (including phenoxy) is 1. The lowest BCUT2D eigenvalue weighted by molar-refractivity contribution is -0.385. The highest BCUT2D eigenvalue weighted by molar-refractivity contribution is 5.72. The molecular weight excluding hydrogens is 243 g/mol. The topological polar surface area (TPSA) is 94.0 Å². The number of aliphatic imine (C=N–C) groups is 1. The van der Waals surface area contributed by atoms with E-state index in [1.165, 1.54) is 23.4 Å². The average molecular weight is 252 g/mol. The number of halogens is 1. The van der Waals surface area contributed by atoms with Crippen molar-refractivity contribution in [1.29, 1.82) is 0 Å². The molecule has 0 saturated heterocycles. The molecule has 7 nitrogen and oxygen atoms in total.